The summed E-state index contributed by atoms with van der Waals surface area (Å²) in [6.45, 7) is 0. The van der Waals surface area contributed by atoms with Gasteiger partial charge in [0.2, 0.25) is 5.95 Å². The second kappa shape index (κ2) is 4.90. The van der Waals surface area contributed by atoms with E-state index >= 15 is 0 Å². The maximum Gasteiger partial charge on any atom is 0.205 e. The van der Waals surface area contributed by atoms with E-state index in [9.17, 15) is 0 Å². The van der Waals surface area contributed by atoms with Gasteiger partial charge in [-0.25, -0.2) is 4.98 Å². The fraction of sp³-hybridized carbons (Fsp3) is 0.0714. The molecule has 0 spiro atoms. The molecular formula is C14H12BrN3S. The van der Waals surface area contributed by atoms with Crippen LogP contribution in [0.2, 0.25) is 0 Å². The molecule has 3 aromatic rings. The summed E-state index contributed by atoms with van der Waals surface area (Å²) in [4.78, 5) is 5.61. The lowest BCUT2D eigenvalue weighted by Gasteiger charge is -2.07. The number of anilines is 1. The summed E-state index contributed by atoms with van der Waals surface area (Å²) < 4.78 is 2.98. The highest BCUT2D eigenvalue weighted by molar-refractivity contribution is 9.10. The molecule has 2 aromatic carbocycles. The summed E-state index contributed by atoms with van der Waals surface area (Å²) in [6.07, 6.45) is 2.06. The summed E-state index contributed by atoms with van der Waals surface area (Å²) >= 11 is 5.16. The van der Waals surface area contributed by atoms with Gasteiger partial charge in [0.05, 0.1) is 16.7 Å². The molecule has 0 fully saturated rings. The van der Waals surface area contributed by atoms with Crippen LogP contribution in [0, 0.1) is 0 Å². The minimum absolute atomic E-state index is 0.506. The van der Waals surface area contributed by atoms with Gasteiger partial charge >= 0.3 is 0 Å². The topological polar surface area (TPSA) is 43.8 Å². The summed E-state index contributed by atoms with van der Waals surface area (Å²) in [6, 6.07) is 14.3. The first-order valence-electron chi connectivity index (χ1n) is 5.77. The van der Waals surface area contributed by atoms with E-state index in [2.05, 4.69) is 39.3 Å². The van der Waals surface area contributed by atoms with Crippen molar-refractivity contribution in [2.24, 2.45) is 0 Å². The van der Waals surface area contributed by atoms with Gasteiger partial charge in [-0.2, -0.15) is 0 Å². The first-order valence-corrected chi connectivity index (χ1v) is 7.79. The summed E-state index contributed by atoms with van der Waals surface area (Å²) in [7, 11) is 0. The van der Waals surface area contributed by atoms with Crippen LogP contribution in [0.1, 0.15) is 0 Å². The van der Waals surface area contributed by atoms with Gasteiger partial charge in [-0.1, -0.05) is 22.0 Å². The maximum absolute atomic E-state index is 6.06. The second-order valence-corrected chi connectivity index (χ2v) is 5.94. The van der Waals surface area contributed by atoms with Crippen LogP contribution in [0.5, 0.6) is 0 Å². The summed E-state index contributed by atoms with van der Waals surface area (Å²) in [5.41, 5.74) is 9.00. The fourth-order valence-electron chi connectivity index (χ4n) is 2.09. The van der Waals surface area contributed by atoms with Crippen LogP contribution in [-0.4, -0.2) is 15.8 Å². The fourth-order valence-corrected chi connectivity index (χ4v) is 2.90. The van der Waals surface area contributed by atoms with Crippen LogP contribution in [0.25, 0.3) is 16.7 Å². The highest BCUT2D eigenvalue weighted by Crippen LogP contribution is 2.27. The van der Waals surface area contributed by atoms with Gasteiger partial charge in [-0.05, 0) is 42.7 Å². The monoisotopic (exact) mass is 333 g/mol. The van der Waals surface area contributed by atoms with Crippen LogP contribution in [-0.2, 0) is 0 Å². The number of halogens is 1. The van der Waals surface area contributed by atoms with Gasteiger partial charge in [-0.3, -0.25) is 4.57 Å². The zero-order valence-corrected chi connectivity index (χ0v) is 12.7. The van der Waals surface area contributed by atoms with Crippen LogP contribution >= 0.6 is 27.7 Å². The standard InChI is InChI=1S/C14H12BrN3S/c1-19-11-4-2-3-10(8-11)18-13-6-5-9(15)7-12(13)17-14(18)16/h2-8H,1H3,(H2,16,17). The third-order valence-corrected chi connectivity index (χ3v) is 4.17. The number of nitrogens with two attached hydrogens (primary N) is 1. The summed E-state index contributed by atoms with van der Waals surface area (Å²) in [5, 5.41) is 0. The van der Waals surface area contributed by atoms with E-state index in [1.54, 1.807) is 11.8 Å². The van der Waals surface area contributed by atoms with Gasteiger partial charge in [-0.15, -0.1) is 11.8 Å². The van der Waals surface area contributed by atoms with Gasteiger partial charge in [0.15, 0.2) is 0 Å². The van der Waals surface area contributed by atoms with Crippen molar-refractivity contribution in [1.82, 2.24) is 9.55 Å². The van der Waals surface area contributed by atoms with Crippen molar-refractivity contribution in [3.63, 3.8) is 0 Å². The van der Waals surface area contributed by atoms with Crippen molar-refractivity contribution in [3.8, 4) is 5.69 Å². The predicted molar refractivity (Wildman–Crippen MR) is 85.0 cm³/mol. The molecule has 0 amide bonds. The Bertz CT molecular complexity index is 752. The Morgan fingerprint density at radius 3 is 2.84 bits per heavy atom. The molecule has 1 aromatic heterocycles. The van der Waals surface area contributed by atoms with Crippen molar-refractivity contribution in [2.45, 2.75) is 4.90 Å². The lowest BCUT2D eigenvalue weighted by molar-refractivity contribution is 1.10. The van der Waals surface area contributed by atoms with E-state index in [-0.39, 0.29) is 0 Å². The molecule has 2 N–H and O–H groups in total. The quantitative estimate of drug-likeness (QED) is 0.718. The molecule has 19 heavy (non-hydrogen) atoms. The lowest BCUT2D eigenvalue weighted by atomic mass is 10.3. The largest absolute Gasteiger partial charge is 0.369 e. The number of imidazole rings is 1. The molecule has 0 aliphatic carbocycles. The number of hydrogen-bond donors (Lipinski definition) is 1. The average Bonchev–Trinajstić information content (AvgIpc) is 2.73. The van der Waals surface area contributed by atoms with E-state index in [1.807, 2.05) is 34.9 Å². The Kier molecular flexibility index (Phi) is 3.24. The van der Waals surface area contributed by atoms with Crippen molar-refractivity contribution in [3.05, 3.63) is 46.9 Å². The maximum atomic E-state index is 6.06. The van der Waals surface area contributed by atoms with E-state index in [4.69, 9.17) is 5.73 Å². The van der Waals surface area contributed by atoms with Crippen LogP contribution in [0.15, 0.2) is 51.8 Å². The van der Waals surface area contributed by atoms with Crippen molar-refractivity contribution >= 4 is 44.7 Å². The van der Waals surface area contributed by atoms with Gasteiger partial charge in [0.1, 0.15) is 0 Å². The molecule has 3 rings (SSSR count). The Morgan fingerprint density at radius 1 is 1.21 bits per heavy atom. The van der Waals surface area contributed by atoms with Crippen molar-refractivity contribution < 1.29 is 0 Å². The zero-order chi connectivity index (χ0) is 13.4. The third kappa shape index (κ3) is 2.24. The molecule has 1 heterocycles. The molecule has 0 unspecified atom stereocenters. The van der Waals surface area contributed by atoms with Crippen molar-refractivity contribution in [1.29, 1.82) is 0 Å². The van der Waals surface area contributed by atoms with Gasteiger partial charge in [0, 0.05) is 9.37 Å². The molecule has 0 radical (unpaired) electrons. The second-order valence-electron chi connectivity index (χ2n) is 4.14. The Labute approximate surface area is 124 Å². The molecule has 0 saturated heterocycles. The molecule has 3 nitrogen and oxygen atoms in total. The van der Waals surface area contributed by atoms with E-state index in [0.29, 0.717) is 5.95 Å². The number of benzene rings is 2. The smallest absolute Gasteiger partial charge is 0.205 e. The average molecular weight is 334 g/mol. The molecule has 0 bridgehead atoms. The van der Waals surface area contributed by atoms with E-state index in [1.165, 1.54) is 4.90 Å². The molecule has 96 valence electrons. The Hall–Kier alpha value is -1.46. The molecule has 0 atom stereocenters. The first kappa shape index (κ1) is 12.6. The van der Waals surface area contributed by atoms with Crippen LogP contribution in [0.3, 0.4) is 0 Å². The highest BCUT2D eigenvalue weighted by Gasteiger charge is 2.10. The number of hydrogen-bond acceptors (Lipinski definition) is 3. The van der Waals surface area contributed by atoms with Crippen LogP contribution in [0.4, 0.5) is 5.95 Å². The number of rotatable bonds is 2. The molecular weight excluding hydrogens is 322 g/mol. The zero-order valence-electron chi connectivity index (χ0n) is 10.3. The van der Waals surface area contributed by atoms with Crippen LogP contribution < -0.4 is 5.73 Å². The van der Waals surface area contributed by atoms with Crippen molar-refractivity contribution in [2.75, 3.05) is 12.0 Å². The van der Waals surface area contributed by atoms with Gasteiger partial charge < -0.3 is 5.73 Å². The molecule has 0 saturated carbocycles. The normalized spacial score (nSPS) is 11.1. The molecule has 0 aliphatic rings. The number of aromatic nitrogens is 2. The summed E-state index contributed by atoms with van der Waals surface area (Å²) in [5.74, 6) is 0.506. The predicted octanol–water partition coefficient (Wildman–Crippen LogP) is 4.09. The number of nitrogens with zero attached hydrogens (tertiary/aromatic N) is 2. The lowest BCUT2D eigenvalue weighted by Crippen LogP contribution is -2.00. The Morgan fingerprint density at radius 2 is 2.05 bits per heavy atom. The minimum atomic E-state index is 0.506. The minimum Gasteiger partial charge on any atom is -0.369 e. The molecule has 5 heteroatoms. The number of nitrogen functional groups attached to an aromatic ring is 1. The Balaban J connectivity index is 2.26. The third-order valence-electron chi connectivity index (χ3n) is 2.95. The number of thioether (sulfide) groups is 1. The first-order chi connectivity index (χ1) is 9.19. The van der Waals surface area contributed by atoms with Gasteiger partial charge in [0.25, 0.3) is 0 Å². The SMILES string of the molecule is CSc1cccc(-n2c(N)nc3cc(Br)ccc32)c1. The molecule has 0 aliphatic heterocycles. The van der Waals surface area contributed by atoms with E-state index < -0.39 is 0 Å². The van der Waals surface area contributed by atoms with E-state index in [0.717, 1.165) is 21.2 Å². The highest BCUT2D eigenvalue weighted by atomic mass is 79.9. The number of fused-ring (bicyclic) bond motifs is 1.